The quantitative estimate of drug-likeness (QED) is 0.850. The molecule has 0 unspecified atom stereocenters. The van der Waals surface area contributed by atoms with Crippen LogP contribution in [0.15, 0.2) is 12.1 Å². The van der Waals surface area contributed by atoms with Gasteiger partial charge in [0.25, 0.3) is 5.91 Å². The third kappa shape index (κ3) is 3.73. The topological polar surface area (TPSA) is 45.2 Å². The van der Waals surface area contributed by atoms with Gasteiger partial charge in [0.1, 0.15) is 5.82 Å². The van der Waals surface area contributed by atoms with Crippen molar-refractivity contribution >= 4 is 11.7 Å². The van der Waals surface area contributed by atoms with Crippen LogP contribution in [0.2, 0.25) is 0 Å². The Morgan fingerprint density at radius 2 is 2.06 bits per heavy atom. The number of nitrogens with zero attached hydrogens (tertiary/aromatic N) is 2. The fourth-order valence-electron chi connectivity index (χ4n) is 1.63. The number of nitrogens with one attached hydrogen (secondary N) is 1. The summed E-state index contributed by atoms with van der Waals surface area (Å²) < 4.78 is 0. The Morgan fingerprint density at radius 1 is 1.35 bits per heavy atom. The molecule has 1 heterocycles. The summed E-state index contributed by atoms with van der Waals surface area (Å²) in [4.78, 5) is 18.0. The molecular weight excluding hydrogens is 214 g/mol. The van der Waals surface area contributed by atoms with Gasteiger partial charge in [-0.25, -0.2) is 4.98 Å². The van der Waals surface area contributed by atoms with Crippen molar-refractivity contribution < 1.29 is 4.79 Å². The van der Waals surface area contributed by atoms with Gasteiger partial charge < -0.3 is 10.2 Å². The predicted molar refractivity (Wildman–Crippen MR) is 70.4 cm³/mol. The van der Waals surface area contributed by atoms with Crippen LogP contribution in [0.5, 0.6) is 0 Å². The first-order chi connectivity index (χ1) is 8.08. The van der Waals surface area contributed by atoms with Crippen LogP contribution in [0.25, 0.3) is 0 Å². The highest BCUT2D eigenvalue weighted by Gasteiger charge is 2.11. The molecule has 0 radical (unpaired) electrons. The Hall–Kier alpha value is -1.58. The number of hydrogen-bond acceptors (Lipinski definition) is 3. The molecule has 1 rings (SSSR count). The third-order valence-corrected chi connectivity index (χ3v) is 2.40. The molecule has 1 N–H and O–H groups in total. The summed E-state index contributed by atoms with van der Waals surface area (Å²) in [6.45, 7) is 4.93. The molecule has 0 saturated heterocycles. The van der Waals surface area contributed by atoms with Crippen LogP contribution < -0.4 is 5.32 Å². The van der Waals surface area contributed by atoms with Gasteiger partial charge in [-0.2, -0.15) is 0 Å². The average molecular weight is 235 g/mol. The molecule has 0 spiro atoms. The summed E-state index contributed by atoms with van der Waals surface area (Å²) >= 11 is 0. The SMILES string of the molecule is CCCc1cc(C(=O)N(C)C)cc(NCC)n1. The number of anilines is 1. The molecule has 4 heteroatoms. The van der Waals surface area contributed by atoms with Gasteiger partial charge in [0, 0.05) is 31.9 Å². The first kappa shape index (κ1) is 13.5. The Morgan fingerprint density at radius 3 is 2.59 bits per heavy atom. The van der Waals surface area contributed by atoms with Gasteiger partial charge in [0.2, 0.25) is 0 Å². The van der Waals surface area contributed by atoms with E-state index in [4.69, 9.17) is 0 Å². The smallest absolute Gasteiger partial charge is 0.253 e. The van der Waals surface area contributed by atoms with E-state index in [1.165, 1.54) is 0 Å². The highest BCUT2D eigenvalue weighted by atomic mass is 16.2. The van der Waals surface area contributed by atoms with Crippen molar-refractivity contribution in [3.63, 3.8) is 0 Å². The summed E-state index contributed by atoms with van der Waals surface area (Å²) in [5.74, 6) is 0.799. The van der Waals surface area contributed by atoms with Crippen molar-refractivity contribution in [2.75, 3.05) is 26.0 Å². The van der Waals surface area contributed by atoms with Crippen LogP contribution in [0.1, 0.15) is 36.3 Å². The number of hydrogen-bond donors (Lipinski definition) is 1. The molecule has 4 nitrogen and oxygen atoms in total. The summed E-state index contributed by atoms with van der Waals surface area (Å²) in [6, 6.07) is 3.69. The Kier molecular flexibility index (Phi) is 4.94. The normalized spacial score (nSPS) is 10.1. The third-order valence-electron chi connectivity index (χ3n) is 2.40. The lowest BCUT2D eigenvalue weighted by Gasteiger charge is -2.13. The second-order valence-corrected chi connectivity index (χ2v) is 4.21. The van der Waals surface area contributed by atoms with Crippen LogP contribution in [-0.4, -0.2) is 36.4 Å². The number of carbonyl (C=O) groups is 1. The molecule has 0 saturated carbocycles. The molecule has 1 aromatic heterocycles. The van der Waals surface area contributed by atoms with E-state index in [9.17, 15) is 4.79 Å². The molecule has 0 aliphatic carbocycles. The van der Waals surface area contributed by atoms with Crippen molar-refractivity contribution in [1.29, 1.82) is 0 Å². The van der Waals surface area contributed by atoms with E-state index in [0.29, 0.717) is 5.56 Å². The number of aryl methyl sites for hydroxylation is 1. The van der Waals surface area contributed by atoms with Crippen LogP contribution in [0.4, 0.5) is 5.82 Å². The number of carbonyl (C=O) groups excluding carboxylic acids is 1. The van der Waals surface area contributed by atoms with Crippen molar-refractivity contribution in [3.05, 3.63) is 23.4 Å². The molecule has 17 heavy (non-hydrogen) atoms. The van der Waals surface area contributed by atoms with E-state index < -0.39 is 0 Å². The molecule has 0 aromatic carbocycles. The molecule has 1 aromatic rings. The first-order valence-electron chi connectivity index (χ1n) is 6.05. The summed E-state index contributed by atoms with van der Waals surface area (Å²) in [7, 11) is 3.52. The highest BCUT2D eigenvalue weighted by molar-refractivity contribution is 5.94. The van der Waals surface area contributed by atoms with Gasteiger partial charge >= 0.3 is 0 Å². The number of rotatable bonds is 5. The lowest BCUT2D eigenvalue weighted by Crippen LogP contribution is -2.22. The largest absolute Gasteiger partial charge is 0.370 e. The lowest BCUT2D eigenvalue weighted by atomic mass is 10.1. The maximum Gasteiger partial charge on any atom is 0.253 e. The van der Waals surface area contributed by atoms with Gasteiger partial charge in [-0.15, -0.1) is 0 Å². The highest BCUT2D eigenvalue weighted by Crippen LogP contribution is 2.13. The van der Waals surface area contributed by atoms with E-state index in [-0.39, 0.29) is 5.91 Å². The first-order valence-corrected chi connectivity index (χ1v) is 6.05. The van der Waals surface area contributed by atoms with Crippen molar-refractivity contribution in [2.24, 2.45) is 0 Å². The molecule has 1 amide bonds. The molecule has 0 aliphatic heterocycles. The van der Waals surface area contributed by atoms with Gasteiger partial charge in [0.05, 0.1) is 0 Å². The lowest BCUT2D eigenvalue weighted by molar-refractivity contribution is 0.0827. The Balaban J connectivity index is 3.06. The molecule has 94 valence electrons. The van der Waals surface area contributed by atoms with E-state index >= 15 is 0 Å². The Labute approximate surface area is 103 Å². The van der Waals surface area contributed by atoms with Crippen LogP contribution >= 0.6 is 0 Å². The summed E-state index contributed by atoms with van der Waals surface area (Å²) in [5.41, 5.74) is 1.67. The molecule has 0 bridgehead atoms. The number of amides is 1. The minimum atomic E-state index is 0.0175. The molecule has 0 atom stereocenters. The average Bonchev–Trinajstić information content (AvgIpc) is 2.28. The number of pyridine rings is 1. The van der Waals surface area contributed by atoms with Crippen LogP contribution in [0, 0.1) is 0 Å². The zero-order chi connectivity index (χ0) is 12.8. The molecule has 0 fully saturated rings. The van der Waals surface area contributed by atoms with Crippen molar-refractivity contribution in [2.45, 2.75) is 26.7 Å². The summed E-state index contributed by atoms with van der Waals surface area (Å²) in [5, 5.41) is 3.16. The fourth-order valence-corrected chi connectivity index (χ4v) is 1.63. The van der Waals surface area contributed by atoms with Gasteiger partial charge in [0.15, 0.2) is 0 Å². The van der Waals surface area contributed by atoms with Gasteiger partial charge in [-0.3, -0.25) is 4.79 Å². The van der Waals surface area contributed by atoms with E-state index in [1.54, 1.807) is 19.0 Å². The Bertz CT molecular complexity index is 364. The van der Waals surface area contributed by atoms with Crippen LogP contribution in [-0.2, 0) is 6.42 Å². The molecular formula is C13H21N3O. The van der Waals surface area contributed by atoms with Crippen molar-refractivity contribution in [1.82, 2.24) is 9.88 Å². The van der Waals surface area contributed by atoms with Gasteiger partial charge in [-0.05, 0) is 25.5 Å². The maximum atomic E-state index is 11.9. The zero-order valence-electron chi connectivity index (χ0n) is 11.1. The predicted octanol–water partition coefficient (Wildman–Crippen LogP) is 2.17. The minimum absolute atomic E-state index is 0.0175. The minimum Gasteiger partial charge on any atom is -0.370 e. The second-order valence-electron chi connectivity index (χ2n) is 4.21. The fraction of sp³-hybridized carbons (Fsp3) is 0.538. The summed E-state index contributed by atoms with van der Waals surface area (Å²) in [6.07, 6.45) is 1.92. The monoisotopic (exact) mass is 235 g/mol. The zero-order valence-corrected chi connectivity index (χ0v) is 11.1. The van der Waals surface area contributed by atoms with Crippen LogP contribution in [0.3, 0.4) is 0 Å². The van der Waals surface area contributed by atoms with E-state index in [0.717, 1.165) is 30.9 Å². The maximum absolute atomic E-state index is 11.9. The molecule has 0 aliphatic rings. The van der Waals surface area contributed by atoms with E-state index in [1.807, 2.05) is 19.1 Å². The second kappa shape index (κ2) is 6.23. The van der Waals surface area contributed by atoms with Gasteiger partial charge in [-0.1, -0.05) is 13.3 Å². The van der Waals surface area contributed by atoms with Crippen molar-refractivity contribution in [3.8, 4) is 0 Å². The standard InChI is InChI=1S/C13H21N3O/c1-5-7-11-8-10(13(17)16(3)4)9-12(15-11)14-6-2/h8-9H,5-7H2,1-4H3,(H,14,15). The number of aromatic nitrogens is 1. The van der Waals surface area contributed by atoms with E-state index in [2.05, 4.69) is 17.2 Å².